The zero-order valence-corrected chi connectivity index (χ0v) is 17.0. The van der Waals surface area contributed by atoms with Crippen LogP contribution in [0.3, 0.4) is 0 Å². The highest BCUT2D eigenvalue weighted by Crippen LogP contribution is 2.31. The van der Waals surface area contributed by atoms with Gasteiger partial charge in [-0.2, -0.15) is 0 Å². The second-order valence-electron chi connectivity index (χ2n) is 7.36. The smallest absolute Gasteiger partial charge is 0.329 e. The fourth-order valence-electron chi connectivity index (χ4n) is 3.52. The van der Waals surface area contributed by atoms with Gasteiger partial charge in [-0.15, -0.1) is 0 Å². The Morgan fingerprint density at radius 2 is 1.84 bits per heavy atom. The van der Waals surface area contributed by atoms with Crippen LogP contribution in [0.5, 0.6) is 11.5 Å². The van der Waals surface area contributed by atoms with Crippen LogP contribution in [-0.4, -0.2) is 29.6 Å². The highest BCUT2D eigenvalue weighted by atomic mass is 19.2. The topological polar surface area (TPSA) is 84.9 Å². The molecule has 1 aliphatic carbocycles. The van der Waals surface area contributed by atoms with Gasteiger partial charge in [-0.25, -0.2) is 13.6 Å². The molecule has 0 aromatic heterocycles. The van der Waals surface area contributed by atoms with Crippen LogP contribution in [0.2, 0.25) is 0 Å². The molecule has 2 aromatic carbocycles. The Labute approximate surface area is 178 Å². The van der Waals surface area contributed by atoms with Crippen molar-refractivity contribution in [3.05, 3.63) is 65.2 Å². The van der Waals surface area contributed by atoms with E-state index in [2.05, 4.69) is 5.32 Å². The first-order chi connectivity index (χ1) is 14.8. The predicted molar refractivity (Wildman–Crippen MR) is 110 cm³/mol. The normalized spacial score (nSPS) is 15.1. The summed E-state index contributed by atoms with van der Waals surface area (Å²) in [5, 5.41) is 12.1. The Balaban J connectivity index is 1.65. The van der Waals surface area contributed by atoms with Gasteiger partial charge in [-0.3, -0.25) is 4.79 Å². The van der Waals surface area contributed by atoms with Gasteiger partial charge in [0.05, 0.1) is 7.11 Å². The third-order valence-corrected chi connectivity index (χ3v) is 5.22. The second kappa shape index (κ2) is 9.59. The first kappa shape index (κ1) is 22.3. The van der Waals surface area contributed by atoms with Gasteiger partial charge < -0.3 is 19.9 Å². The number of hydrogen-bond donors (Lipinski definition) is 2. The summed E-state index contributed by atoms with van der Waals surface area (Å²) in [4.78, 5) is 23.8. The monoisotopic (exact) mass is 431 g/mol. The van der Waals surface area contributed by atoms with E-state index < -0.39 is 29.0 Å². The molecule has 2 aromatic rings. The number of ether oxygens (including phenoxy) is 2. The van der Waals surface area contributed by atoms with Crippen molar-refractivity contribution in [2.45, 2.75) is 37.8 Å². The van der Waals surface area contributed by atoms with Crippen molar-refractivity contribution in [1.82, 2.24) is 5.32 Å². The van der Waals surface area contributed by atoms with Crippen LogP contribution in [0.15, 0.2) is 42.5 Å². The molecular formula is C23H23F2NO5. The largest absolute Gasteiger partial charge is 0.493 e. The lowest BCUT2D eigenvalue weighted by Crippen LogP contribution is -2.52. The third kappa shape index (κ3) is 5.39. The maximum Gasteiger partial charge on any atom is 0.329 e. The van der Waals surface area contributed by atoms with Crippen LogP contribution in [0.25, 0.3) is 6.08 Å². The zero-order chi connectivity index (χ0) is 22.4. The van der Waals surface area contributed by atoms with Gasteiger partial charge in [0.15, 0.2) is 23.1 Å². The molecule has 0 unspecified atom stereocenters. The molecule has 0 heterocycles. The molecule has 2 N–H and O–H groups in total. The van der Waals surface area contributed by atoms with E-state index in [4.69, 9.17) is 9.47 Å². The van der Waals surface area contributed by atoms with Gasteiger partial charge in [0.25, 0.3) is 0 Å². The minimum absolute atomic E-state index is 0.0163. The molecule has 0 aliphatic heterocycles. The lowest BCUT2D eigenvalue weighted by molar-refractivity contribution is -0.146. The van der Waals surface area contributed by atoms with Crippen molar-refractivity contribution in [2.75, 3.05) is 7.11 Å². The Morgan fingerprint density at radius 3 is 2.48 bits per heavy atom. The molecule has 8 heteroatoms. The number of rotatable bonds is 8. The summed E-state index contributed by atoms with van der Waals surface area (Å²) >= 11 is 0. The lowest BCUT2D eigenvalue weighted by atomic mass is 9.98. The van der Waals surface area contributed by atoms with Crippen LogP contribution in [0.1, 0.15) is 36.8 Å². The summed E-state index contributed by atoms with van der Waals surface area (Å²) in [6.07, 6.45) is 5.18. The minimum Gasteiger partial charge on any atom is -0.493 e. The van der Waals surface area contributed by atoms with Crippen molar-refractivity contribution >= 4 is 18.0 Å². The van der Waals surface area contributed by atoms with E-state index in [1.54, 1.807) is 24.3 Å². The molecule has 6 nitrogen and oxygen atoms in total. The number of carbonyl (C=O) groups is 2. The highest BCUT2D eigenvalue weighted by Gasteiger charge is 2.42. The summed E-state index contributed by atoms with van der Waals surface area (Å²) in [5.41, 5.74) is -0.0970. The summed E-state index contributed by atoms with van der Waals surface area (Å²) in [6.45, 7) is 0.0163. The van der Waals surface area contributed by atoms with E-state index in [0.717, 1.165) is 25.0 Å². The first-order valence-corrected chi connectivity index (χ1v) is 9.81. The average Bonchev–Trinajstić information content (AvgIpc) is 3.23. The van der Waals surface area contributed by atoms with E-state index >= 15 is 0 Å². The maximum absolute atomic E-state index is 13.3. The minimum atomic E-state index is -1.20. The van der Waals surface area contributed by atoms with Crippen LogP contribution >= 0.6 is 0 Å². The number of hydrogen-bond acceptors (Lipinski definition) is 4. The summed E-state index contributed by atoms with van der Waals surface area (Å²) in [7, 11) is 1.46. The number of amides is 1. The Morgan fingerprint density at radius 1 is 1.10 bits per heavy atom. The molecule has 164 valence electrons. The summed E-state index contributed by atoms with van der Waals surface area (Å²) < 4.78 is 37.3. The molecule has 0 bridgehead atoms. The van der Waals surface area contributed by atoms with Crippen LogP contribution in [0.4, 0.5) is 8.78 Å². The molecule has 3 rings (SSSR count). The van der Waals surface area contributed by atoms with Crippen molar-refractivity contribution in [2.24, 2.45) is 0 Å². The van der Waals surface area contributed by atoms with Gasteiger partial charge in [0, 0.05) is 6.08 Å². The molecule has 0 atom stereocenters. The molecule has 1 fully saturated rings. The fraction of sp³-hybridized carbons (Fsp3) is 0.304. The predicted octanol–water partition coefficient (Wildman–Crippen LogP) is 4.08. The Kier molecular flexibility index (Phi) is 6.89. The second-order valence-corrected chi connectivity index (χ2v) is 7.36. The number of methoxy groups -OCH3 is 1. The molecule has 1 saturated carbocycles. The van der Waals surface area contributed by atoms with Gasteiger partial charge in [-0.1, -0.05) is 25.0 Å². The van der Waals surface area contributed by atoms with Gasteiger partial charge in [-0.05, 0) is 54.3 Å². The average molecular weight is 431 g/mol. The van der Waals surface area contributed by atoms with Crippen molar-refractivity contribution in [3.63, 3.8) is 0 Å². The molecule has 0 spiro atoms. The molecule has 1 amide bonds. The van der Waals surface area contributed by atoms with Gasteiger partial charge in [0.2, 0.25) is 5.91 Å². The third-order valence-electron chi connectivity index (χ3n) is 5.22. The zero-order valence-electron chi connectivity index (χ0n) is 17.0. The molecular weight excluding hydrogens is 408 g/mol. The van der Waals surface area contributed by atoms with Crippen molar-refractivity contribution in [1.29, 1.82) is 0 Å². The summed E-state index contributed by atoms with van der Waals surface area (Å²) in [5.74, 6) is -2.59. The molecule has 1 aliphatic rings. The van der Waals surface area contributed by atoms with Gasteiger partial charge in [0.1, 0.15) is 12.1 Å². The van der Waals surface area contributed by atoms with E-state index in [1.807, 2.05) is 0 Å². The maximum atomic E-state index is 13.3. The number of carboxylic acid groups (broad SMARTS) is 1. The van der Waals surface area contributed by atoms with E-state index in [-0.39, 0.29) is 6.61 Å². The molecule has 0 saturated heterocycles. The number of carbonyl (C=O) groups excluding carboxylic acids is 1. The number of benzene rings is 2. The SMILES string of the molecule is COc1cc(/C=C/C(=O)NC2(C(=O)O)CCCC2)ccc1OCc1ccc(F)c(F)c1. The molecule has 31 heavy (non-hydrogen) atoms. The fourth-order valence-corrected chi connectivity index (χ4v) is 3.52. The van der Waals surface area contributed by atoms with Crippen molar-refractivity contribution in [3.8, 4) is 11.5 Å². The summed E-state index contributed by atoms with van der Waals surface area (Å²) in [6, 6.07) is 8.49. The lowest BCUT2D eigenvalue weighted by Gasteiger charge is -2.24. The molecule has 0 radical (unpaired) electrons. The first-order valence-electron chi connectivity index (χ1n) is 9.81. The quantitative estimate of drug-likeness (QED) is 0.616. The van der Waals surface area contributed by atoms with E-state index in [9.17, 15) is 23.5 Å². The van der Waals surface area contributed by atoms with E-state index in [1.165, 1.54) is 19.3 Å². The van der Waals surface area contributed by atoms with Crippen LogP contribution in [0, 0.1) is 11.6 Å². The van der Waals surface area contributed by atoms with Crippen LogP contribution < -0.4 is 14.8 Å². The number of carboxylic acids is 1. The van der Waals surface area contributed by atoms with E-state index in [0.29, 0.717) is 35.5 Å². The number of aliphatic carboxylic acids is 1. The standard InChI is InChI=1S/C23H23F2NO5/c1-30-20-13-15(6-9-21(27)26-23(22(28)29)10-2-3-11-23)5-8-19(20)31-14-16-4-7-17(24)18(25)12-16/h4-9,12-13H,2-3,10-11,14H2,1H3,(H,26,27)(H,28,29)/b9-6+. The Bertz CT molecular complexity index is 999. The Hall–Kier alpha value is -3.42. The number of halogens is 2. The number of nitrogens with one attached hydrogen (secondary N) is 1. The van der Waals surface area contributed by atoms with Crippen molar-refractivity contribution < 1.29 is 33.0 Å². The van der Waals surface area contributed by atoms with Gasteiger partial charge >= 0.3 is 5.97 Å². The van der Waals surface area contributed by atoms with Crippen LogP contribution in [-0.2, 0) is 16.2 Å². The highest BCUT2D eigenvalue weighted by molar-refractivity contribution is 5.96.